The smallest absolute Gasteiger partial charge is 0.337 e. The predicted molar refractivity (Wildman–Crippen MR) is 111 cm³/mol. The summed E-state index contributed by atoms with van der Waals surface area (Å²) in [6.07, 6.45) is 5.86. The Balaban J connectivity index is 1.68. The number of rotatable bonds is 4. The van der Waals surface area contributed by atoms with E-state index in [-0.39, 0.29) is 5.97 Å². The minimum absolute atomic E-state index is 0.334. The maximum absolute atomic E-state index is 11.9. The predicted octanol–water partition coefficient (Wildman–Crippen LogP) is 3.61. The Morgan fingerprint density at radius 3 is 2.79 bits per heavy atom. The molecule has 0 aliphatic carbocycles. The van der Waals surface area contributed by atoms with Crippen molar-refractivity contribution < 1.29 is 9.53 Å². The van der Waals surface area contributed by atoms with Gasteiger partial charge in [-0.2, -0.15) is 0 Å². The van der Waals surface area contributed by atoms with Gasteiger partial charge in [-0.05, 0) is 60.6 Å². The van der Waals surface area contributed by atoms with Crippen molar-refractivity contribution in [1.29, 1.82) is 0 Å². The quantitative estimate of drug-likeness (QED) is 0.706. The number of methoxy groups -OCH3 is 1. The Morgan fingerprint density at radius 1 is 1.18 bits per heavy atom. The molecule has 2 N–H and O–H groups in total. The summed E-state index contributed by atoms with van der Waals surface area (Å²) in [6.45, 7) is 3.01. The van der Waals surface area contributed by atoms with Gasteiger partial charge in [0.15, 0.2) is 0 Å². The fraction of sp³-hybridized carbons (Fsp3) is 0.304. The summed E-state index contributed by atoms with van der Waals surface area (Å²) in [5.74, 6) is -0.334. The lowest BCUT2D eigenvalue weighted by molar-refractivity contribution is 0.0601. The molecular formula is C23H25N3O2. The van der Waals surface area contributed by atoms with Gasteiger partial charge in [0.1, 0.15) is 0 Å². The lowest BCUT2D eigenvalue weighted by Gasteiger charge is -2.30. The van der Waals surface area contributed by atoms with Crippen LogP contribution >= 0.6 is 0 Å². The van der Waals surface area contributed by atoms with Crippen LogP contribution in [0.15, 0.2) is 54.9 Å². The molecule has 0 amide bonds. The van der Waals surface area contributed by atoms with Gasteiger partial charge in [-0.15, -0.1) is 0 Å². The highest BCUT2D eigenvalue weighted by atomic mass is 16.5. The Bertz CT molecular complexity index is 994. The van der Waals surface area contributed by atoms with E-state index in [1.807, 2.05) is 30.6 Å². The van der Waals surface area contributed by atoms with Crippen LogP contribution in [-0.2, 0) is 11.3 Å². The highest BCUT2D eigenvalue weighted by Crippen LogP contribution is 2.29. The molecule has 2 aromatic carbocycles. The molecule has 1 aromatic heterocycles. The highest BCUT2D eigenvalue weighted by Gasteiger charge is 2.16. The van der Waals surface area contributed by atoms with E-state index in [0.717, 1.165) is 54.4 Å². The molecule has 144 valence electrons. The number of fused-ring (bicyclic) bond motifs is 1. The lowest BCUT2D eigenvalue weighted by Crippen LogP contribution is -2.39. The van der Waals surface area contributed by atoms with Crippen LogP contribution in [0.3, 0.4) is 0 Å². The summed E-state index contributed by atoms with van der Waals surface area (Å²) in [6, 6.07) is 14.4. The van der Waals surface area contributed by atoms with Crippen LogP contribution in [0.25, 0.3) is 21.9 Å². The zero-order valence-corrected chi connectivity index (χ0v) is 16.1. The van der Waals surface area contributed by atoms with Crippen LogP contribution in [0.2, 0.25) is 0 Å². The Morgan fingerprint density at radius 2 is 2.00 bits per heavy atom. The molecule has 0 unspecified atom stereocenters. The number of aromatic nitrogens is 1. The van der Waals surface area contributed by atoms with E-state index in [4.69, 9.17) is 10.5 Å². The van der Waals surface area contributed by atoms with Gasteiger partial charge in [0.25, 0.3) is 0 Å². The number of hydrogen-bond donors (Lipinski definition) is 1. The average molecular weight is 375 g/mol. The van der Waals surface area contributed by atoms with E-state index in [9.17, 15) is 4.79 Å². The molecule has 0 atom stereocenters. The number of pyridine rings is 1. The second-order valence-electron chi connectivity index (χ2n) is 7.43. The van der Waals surface area contributed by atoms with Gasteiger partial charge in [0.2, 0.25) is 0 Å². The van der Waals surface area contributed by atoms with Gasteiger partial charge in [-0.25, -0.2) is 4.79 Å². The van der Waals surface area contributed by atoms with Crippen molar-refractivity contribution in [2.75, 3.05) is 20.2 Å². The summed E-state index contributed by atoms with van der Waals surface area (Å²) in [4.78, 5) is 18.8. The zero-order valence-electron chi connectivity index (χ0n) is 16.1. The van der Waals surface area contributed by atoms with Crippen LogP contribution < -0.4 is 5.73 Å². The zero-order chi connectivity index (χ0) is 19.5. The number of esters is 1. The Labute approximate surface area is 165 Å². The Kier molecular flexibility index (Phi) is 5.37. The molecule has 1 fully saturated rings. The number of hydrogen-bond acceptors (Lipinski definition) is 5. The summed E-state index contributed by atoms with van der Waals surface area (Å²) < 4.78 is 4.86. The van der Waals surface area contributed by atoms with Crippen molar-refractivity contribution in [2.45, 2.75) is 25.4 Å². The van der Waals surface area contributed by atoms with Gasteiger partial charge in [-0.3, -0.25) is 9.88 Å². The van der Waals surface area contributed by atoms with Gasteiger partial charge in [0.05, 0.1) is 12.7 Å². The number of benzene rings is 2. The third-order valence-electron chi connectivity index (χ3n) is 5.46. The second kappa shape index (κ2) is 8.09. The number of likely N-dealkylation sites (tertiary alicyclic amines) is 1. The number of carbonyl (C=O) groups is 1. The topological polar surface area (TPSA) is 68.5 Å². The van der Waals surface area contributed by atoms with E-state index in [2.05, 4.69) is 28.1 Å². The summed E-state index contributed by atoms with van der Waals surface area (Å²) in [5, 5.41) is 2.23. The first kappa shape index (κ1) is 18.6. The van der Waals surface area contributed by atoms with Gasteiger partial charge < -0.3 is 10.5 Å². The first-order valence-corrected chi connectivity index (χ1v) is 9.67. The van der Waals surface area contributed by atoms with E-state index in [1.165, 1.54) is 12.7 Å². The first-order valence-electron chi connectivity index (χ1n) is 9.67. The minimum Gasteiger partial charge on any atom is -0.465 e. The molecule has 3 aromatic rings. The molecule has 2 heterocycles. The van der Waals surface area contributed by atoms with Crippen molar-refractivity contribution in [3.8, 4) is 11.1 Å². The maximum Gasteiger partial charge on any atom is 0.337 e. The maximum atomic E-state index is 11.9. The van der Waals surface area contributed by atoms with Crippen LogP contribution in [0.5, 0.6) is 0 Å². The molecule has 4 rings (SSSR count). The second-order valence-corrected chi connectivity index (χ2v) is 7.43. The van der Waals surface area contributed by atoms with Crippen LogP contribution in [-0.4, -0.2) is 42.1 Å². The van der Waals surface area contributed by atoms with Crippen molar-refractivity contribution in [3.05, 3.63) is 66.0 Å². The number of ether oxygens (including phenoxy) is 1. The average Bonchev–Trinajstić information content (AvgIpc) is 2.74. The van der Waals surface area contributed by atoms with Gasteiger partial charge in [0, 0.05) is 35.9 Å². The molecule has 28 heavy (non-hydrogen) atoms. The molecule has 0 bridgehead atoms. The highest BCUT2D eigenvalue weighted by molar-refractivity contribution is 5.98. The Hall–Kier alpha value is -2.76. The van der Waals surface area contributed by atoms with Gasteiger partial charge in [-0.1, -0.05) is 24.3 Å². The number of nitrogens with zero attached hydrogens (tertiary/aromatic N) is 2. The van der Waals surface area contributed by atoms with Crippen molar-refractivity contribution >= 4 is 16.7 Å². The van der Waals surface area contributed by atoms with E-state index < -0.39 is 0 Å². The number of piperidine rings is 1. The largest absolute Gasteiger partial charge is 0.465 e. The fourth-order valence-electron chi connectivity index (χ4n) is 3.84. The van der Waals surface area contributed by atoms with Crippen LogP contribution in [0, 0.1) is 0 Å². The first-order chi connectivity index (χ1) is 13.6. The van der Waals surface area contributed by atoms with Crippen LogP contribution in [0.4, 0.5) is 0 Å². The molecule has 1 aliphatic rings. The summed E-state index contributed by atoms with van der Waals surface area (Å²) in [7, 11) is 1.40. The molecule has 0 spiro atoms. The van der Waals surface area contributed by atoms with Crippen molar-refractivity contribution in [2.24, 2.45) is 5.73 Å². The molecule has 0 radical (unpaired) electrons. The molecule has 1 aliphatic heterocycles. The number of nitrogens with two attached hydrogens (primary N) is 1. The molecule has 1 saturated heterocycles. The van der Waals surface area contributed by atoms with Crippen molar-refractivity contribution in [1.82, 2.24) is 9.88 Å². The SMILES string of the molecule is COC(=O)c1cccc(-c2cncc3ccc(CN4CCC(N)CC4)cc23)c1. The molecule has 0 saturated carbocycles. The molecular weight excluding hydrogens is 350 g/mol. The van der Waals surface area contributed by atoms with Gasteiger partial charge >= 0.3 is 5.97 Å². The summed E-state index contributed by atoms with van der Waals surface area (Å²) >= 11 is 0. The standard InChI is InChI=1S/C23H25N3O2/c1-28-23(27)18-4-2-3-17(12-18)22-14-25-13-19-6-5-16(11-21(19)22)15-26-9-7-20(24)8-10-26/h2-6,11-14,20H,7-10,15,24H2,1H3. The molecule has 5 heteroatoms. The summed E-state index contributed by atoms with van der Waals surface area (Å²) in [5.41, 5.74) is 9.82. The lowest BCUT2D eigenvalue weighted by atomic mass is 9.97. The van der Waals surface area contributed by atoms with Crippen LogP contribution in [0.1, 0.15) is 28.8 Å². The third-order valence-corrected chi connectivity index (χ3v) is 5.46. The fourth-order valence-corrected chi connectivity index (χ4v) is 3.84. The minimum atomic E-state index is -0.334. The van der Waals surface area contributed by atoms with Crippen molar-refractivity contribution in [3.63, 3.8) is 0 Å². The number of carbonyl (C=O) groups excluding carboxylic acids is 1. The monoisotopic (exact) mass is 375 g/mol. The van der Waals surface area contributed by atoms with E-state index >= 15 is 0 Å². The van der Waals surface area contributed by atoms with E-state index in [0.29, 0.717) is 11.6 Å². The van der Waals surface area contributed by atoms with E-state index in [1.54, 1.807) is 6.07 Å². The third kappa shape index (κ3) is 3.91. The normalized spacial score (nSPS) is 15.6. The molecule has 5 nitrogen and oxygen atoms in total.